The number of morpholine rings is 1. The lowest BCUT2D eigenvalue weighted by Gasteiger charge is -2.28. The second-order valence-corrected chi connectivity index (χ2v) is 5.24. The van der Waals surface area contributed by atoms with Crippen LogP contribution in [-0.2, 0) is 4.74 Å². The van der Waals surface area contributed by atoms with Gasteiger partial charge >= 0.3 is 0 Å². The number of nitrogens with one attached hydrogen (secondary N) is 1. The van der Waals surface area contributed by atoms with E-state index < -0.39 is 0 Å². The van der Waals surface area contributed by atoms with Crippen LogP contribution in [0, 0.1) is 0 Å². The lowest BCUT2D eigenvalue weighted by molar-refractivity contribution is 0.102. The SMILES string of the molecule is O=C(Nc1ccc(N2CCOCC2)c2nonc12)c1cnccn1. The quantitative estimate of drug-likeness (QED) is 0.762. The van der Waals surface area contributed by atoms with Crippen molar-refractivity contribution in [3.63, 3.8) is 0 Å². The van der Waals surface area contributed by atoms with E-state index in [4.69, 9.17) is 9.37 Å². The Bertz CT molecular complexity index is 860. The Balaban J connectivity index is 1.65. The molecule has 1 aliphatic heterocycles. The average Bonchev–Trinajstić information content (AvgIpc) is 3.13. The van der Waals surface area contributed by atoms with Crippen LogP contribution in [0.1, 0.15) is 10.5 Å². The summed E-state index contributed by atoms with van der Waals surface area (Å²) < 4.78 is 10.3. The second kappa shape index (κ2) is 6.20. The molecule has 0 spiro atoms. The number of nitrogens with zero attached hydrogens (tertiary/aromatic N) is 5. The van der Waals surface area contributed by atoms with Gasteiger partial charge in [0.25, 0.3) is 5.91 Å². The summed E-state index contributed by atoms with van der Waals surface area (Å²) in [6, 6.07) is 3.68. The minimum Gasteiger partial charge on any atom is -0.378 e. The zero-order chi connectivity index (χ0) is 16.4. The van der Waals surface area contributed by atoms with Crippen LogP contribution in [0.5, 0.6) is 0 Å². The number of benzene rings is 1. The summed E-state index contributed by atoms with van der Waals surface area (Å²) in [4.78, 5) is 22.3. The molecule has 9 heteroatoms. The predicted octanol–water partition coefficient (Wildman–Crippen LogP) is 1.10. The minimum atomic E-state index is -0.369. The molecular formula is C15H14N6O3. The third-order valence-corrected chi connectivity index (χ3v) is 3.79. The maximum absolute atomic E-state index is 12.2. The maximum atomic E-state index is 12.2. The van der Waals surface area contributed by atoms with E-state index in [1.165, 1.54) is 18.6 Å². The van der Waals surface area contributed by atoms with Crippen molar-refractivity contribution in [2.24, 2.45) is 0 Å². The number of carbonyl (C=O) groups is 1. The third-order valence-electron chi connectivity index (χ3n) is 3.79. The molecule has 122 valence electrons. The molecule has 1 fully saturated rings. The molecule has 0 aliphatic carbocycles. The van der Waals surface area contributed by atoms with Crippen LogP contribution in [0.2, 0.25) is 0 Å². The van der Waals surface area contributed by atoms with Gasteiger partial charge < -0.3 is 15.0 Å². The van der Waals surface area contributed by atoms with E-state index >= 15 is 0 Å². The fourth-order valence-corrected chi connectivity index (χ4v) is 2.62. The summed E-state index contributed by atoms with van der Waals surface area (Å²) in [7, 11) is 0. The van der Waals surface area contributed by atoms with Crippen molar-refractivity contribution in [1.29, 1.82) is 0 Å². The molecule has 24 heavy (non-hydrogen) atoms. The number of hydrogen-bond donors (Lipinski definition) is 1. The van der Waals surface area contributed by atoms with Crippen LogP contribution in [0.15, 0.2) is 35.4 Å². The Labute approximate surface area is 136 Å². The Hall–Kier alpha value is -3.07. The van der Waals surface area contributed by atoms with E-state index in [-0.39, 0.29) is 11.6 Å². The molecule has 0 unspecified atom stereocenters. The molecule has 3 aromatic rings. The first-order chi connectivity index (χ1) is 11.8. The highest BCUT2D eigenvalue weighted by Crippen LogP contribution is 2.30. The number of rotatable bonds is 3. The summed E-state index contributed by atoms with van der Waals surface area (Å²) in [5.74, 6) is -0.369. The van der Waals surface area contributed by atoms with Crippen molar-refractivity contribution in [3.8, 4) is 0 Å². The number of aromatic nitrogens is 4. The van der Waals surface area contributed by atoms with Gasteiger partial charge in [0.15, 0.2) is 11.0 Å². The van der Waals surface area contributed by atoms with E-state index in [0.29, 0.717) is 29.9 Å². The molecule has 2 aromatic heterocycles. The van der Waals surface area contributed by atoms with E-state index in [1.807, 2.05) is 6.07 Å². The molecule has 3 heterocycles. The van der Waals surface area contributed by atoms with Crippen molar-refractivity contribution < 1.29 is 14.2 Å². The second-order valence-electron chi connectivity index (χ2n) is 5.24. The number of anilines is 2. The van der Waals surface area contributed by atoms with Gasteiger partial charge in [-0.2, -0.15) is 0 Å². The molecule has 0 atom stereocenters. The number of fused-ring (bicyclic) bond motifs is 1. The topological polar surface area (TPSA) is 106 Å². The molecule has 1 saturated heterocycles. The van der Waals surface area contributed by atoms with Gasteiger partial charge in [-0.3, -0.25) is 9.78 Å². The van der Waals surface area contributed by atoms with Gasteiger partial charge in [-0.15, -0.1) is 0 Å². The van der Waals surface area contributed by atoms with Crippen molar-refractivity contribution in [2.45, 2.75) is 0 Å². The molecule has 1 aliphatic rings. The minimum absolute atomic E-state index is 0.222. The van der Waals surface area contributed by atoms with E-state index in [0.717, 1.165) is 18.8 Å². The predicted molar refractivity (Wildman–Crippen MR) is 84.8 cm³/mol. The highest BCUT2D eigenvalue weighted by Gasteiger charge is 2.20. The Morgan fingerprint density at radius 2 is 1.96 bits per heavy atom. The van der Waals surface area contributed by atoms with Gasteiger partial charge in [0, 0.05) is 25.5 Å². The van der Waals surface area contributed by atoms with Gasteiger partial charge in [0.05, 0.1) is 30.8 Å². The van der Waals surface area contributed by atoms with Crippen LogP contribution in [0.4, 0.5) is 11.4 Å². The molecule has 0 saturated carbocycles. The van der Waals surface area contributed by atoms with Crippen molar-refractivity contribution in [3.05, 3.63) is 36.4 Å². The van der Waals surface area contributed by atoms with Crippen LogP contribution < -0.4 is 10.2 Å². The molecule has 0 bridgehead atoms. The normalized spacial score (nSPS) is 14.8. The standard InChI is InChI=1S/C15H14N6O3/c22-15(11-9-16-3-4-17-11)18-10-1-2-12(14-13(10)19-24-20-14)21-5-7-23-8-6-21/h1-4,9H,5-8H2,(H,18,22). The zero-order valence-electron chi connectivity index (χ0n) is 12.7. The van der Waals surface area contributed by atoms with Gasteiger partial charge in [-0.05, 0) is 22.4 Å². The van der Waals surface area contributed by atoms with Crippen molar-refractivity contribution in [2.75, 3.05) is 36.5 Å². The largest absolute Gasteiger partial charge is 0.378 e. The highest BCUT2D eigenvalue weighted by molar-refractivity contribution is 6.08. The summed E-state index contributed by atoms with van der Waals surface area (Å²) in [5.41, 5.74) is 2.75. The van der Waals surface area contributed by atoms with Crippen molar-refractivity contribution in [1.82, 2.24) is 20.3 Å². The fraction of sp³-hybridized carbons (Fsp3) is 0.267. The first-order valence-electron chi connectivity index (χ1n) is 7.48. The summed E-state index contributed by atoms with van der Waals surface area (Å²) in [5, 5.41) is 10.7. The molecule has 1 N–H and O–H groups in total. The van der Waals surface area contributed by atoms with E-state index in [1.54, 1.807) is 6.07 Å². The van der Waals surface area contributed by atoms with Crippen LogP contribution in [0.25, 0.3) is 11.0 Å². The summed E-state index contributed by atoms with van der Waals surface area (Å²) >= 11 is 0. The molecule has 9 nitrogen and oxygen atoms in total. The van der Waals surface area contributed by atoms with Gasteiger partial charge in [0.1, 0.15) is 5.69 Å². The van der Waals surface area contributed by atoms with Gasteiger partial charge in [-0.25, -0.2) is 9.61 Å². The Kier molecular flexibility index (Phi) is 3.75. The van der Waals surface area contributed by atoms with E-state index in [9.17, 15) is 4.79 Å². The highest BCUT2D eigenvalue weighted by atomic mass is 16.6. The number of carbonyl (C=O) groups excluding carboxylic acids is 1. The van der Waals surface area contributed by atoms with Crippen LogP contribution in [0.3, 0.4) is 0 Å². The van der Waals surface area contributed by atoms with Gasteiger partial charge in [0.2, 0.25) is 0 Å². The molecule has 1 amide bonds. The zero-order valence-corrected chi connectivity index (χ0v) is 12.7. The summed E-state index contributed by atoms with van der Waals surface area (Å²) in [6.45, 7) is 2.87. The average molecular weight is 326 g/mol. The molecule has 1 aromatic carbocycles. The molecule has 0 radical (unpaired) electrons. The number of hydrogen-bond acceptors (Lipinski definition) is 8. The fourth-order valence-electron chi connectivity index (χ4n) is 2.62. The lowest BCUT2D eigenvalue weighted by atomic mass is 10.2. The Morgan fingerprint density at radius 3 is 2.75 bits per heavy atom. The summed E-state index contributed by atoms with van der Waals surface area (Å²) in [6.07, 6.45) is 4.37. The third kappa shape index (κ3) is 2.65. The van der Waals surface area contributed by atoms with Gasteiger partial charge in [-0.1, -0.05) is 0 Å². The monoisotopic (exact) mass is 326 g/mol. The number of amides is 1. The first kappa shape index (κ1) is 14.5. The smallest absolute Gasteiger partial charge is 0.275 e. The first-order valence-corrected chi connectivity index (χ1v) is 7.48. The molecule has 4 rings (SSSR count). The van der Waals surface area contributed by atoms with Crippen molar-refractivity contribution >= 4 is 28.3 Å². The number of ether oxygens (including phenoxy) is 1. The van der Waals surface area contributed by atoms with Crippen LogP contribution in [-0.4, -0.2) is 52.5 Å². The Morgan fingerprint density at radius 1 is 1.12 bits per heavy atom. The lowest BCUT2D eigenvalue weighted by Crippen LogP contribution is -2.36. The van der Waals surface area contributed by atoms with Crippen LogP contribution >= 0.6 is 0 Å². The van der Waals surface area contributed by atoms with E-state index in [2.05, 4.69) is 30.5 Å². The maximum Gasteiger partial charge on any atom is 0.275 e. The molecular weight excluding hydrogens is 312 g/mol.